The van der Waals surface area contributed by atoms with Gasteiger partial charge in [0.15, 0.2) is 0 Å². The van der Waals surface area contributed by atoms with Crippen LogP contribution < -0.4 is 0 Å². The van der Waals surface area contributed by atoms with Gasteiger partial charge in [0.25, 0.3) is 0 Å². The fourth-order valence-electron chi connectivity index (χ4n) is 1.85. The SMILES string of the molecule is CCCCCN(Cc1nc(Cl)ccc1Cl)C(C)C. The minimum absolute atomic E-state index is 0.485. The first kappa shape index (κ1) is 15.7. The van der Waals surface area contributed by atoms with E-state index in [-0.39, 0.29) is 0 Å². The Morgan fingerprint density at radius 2 is 1.94 bits per heavy atom. The molecule has 18 heavy (non-hydrogen) atoms. The monoisotopic (exact) mass is 288 g/mol. The lowest BCUT2D eigenvalue weighted by Gasteiger charge is -2.26. The summed E-state index contributed by atoms with van der Waals surface area (Å²) in [5, 5.41) is 1.20. The van der Waals surface area contributed by atoms with Gasteiger partial charge in [0.2, 0.25) is 0 Å². The maximum absolute atomic E-state index is 6.16. The third kappa shape index (κ3) is 5.13. The van der Waals surface area contributed by atoms with Crippen LogP contribution in [0.1, 0.15) is 45.7 Å². The number of aromatic nitrogens is 1. The molecule has 0 aliphatic rings. The highest BCUT2D eigenvalue weighted by Gasteiger charge is 2.13. The third-order valence-electron chi connectivity index (χ3n) is 3.02. The molecule has 1 rings (SSSR count). The van der Waals surface area contributed by atoms with Crippen LogP contribution in [0.5, 0.6) is 0 Å². The molecule has 0 N–H and O–H groups in total. The van der Waals surface area contributed by atoms with Gasteiger partial charge in [-0.1, -0.05) is 43.0 Å². The lowest BCUT2D eigenvalue weighted by Crippen LogP contribution is -2.31. The van der Waals surface area contributed by atoms with Crippen LogP contribution in [0.15, 0.2) is 12.1 Å². The summed E-state index contributed by atoms with van der Waals surface area (Å²) in [4.78, 5) is 6.70. The van der Waals surface area contributed by atoms with E-state index in [9.17, 15) is 0 Å². The van der Waals surface area contributed by atoms with E-state index in [2.05, 4.69) is 30.7 Å². The molecule has 0 aliphatic heterocycles. The predicted octanol–water partition coefficient (Wildman–Crippen LogP) is 4.79. The van der Waals surface area contributed by atoms with Crippen LogP contribution in [-0.4, -0.2) is 22.5 Å². The summed E-state index contributed by atoms with van der Waals surface area (Å²) >= 11 is 12.1. The van der Waals surface area contributed by atoms with Crippen molar-refractivity contribution in [2.24, 2.45) is 0 Å². The van der Waals surface area contributed by atoms with Crippen molar-refractivity contribution in [3.05, 3.63) is 28.0 Å². The summed E-state index contributed by atoms with van der Waals surface area (Å²) in [6, 6.07) is 4.03. The molecule has 0 radical (unpaired) electrons. The Balaban J connectivity index is 2.67. The molecule has 0 aromatic carbocycles. The first-order valence-corrected chi connectivity index (χ1v) is 7.35. The number of nitrogens with zero attached hydrogens (tertiary/aromatic N) is 2. The van der Waals surface area contributed by atoms with Gasteiger partial charge in [0, 0.05) is 12.6 Å². The molecule has 0 atom stereocenters. The molecule has 0 amide bonds. The van der Waals surface area contributed by atoms with Crippen molar-refractivity contribution in [1.29, 1.82) is 0 Å². The number of unbranched alkanes of at least 4 members (excludes halogenated alkanes) is 2. The predicted molar refractivity (Wildman–Crippen MR) is 79.3 cm³/mol. The van der Waals surface area contributed by atoms with Crippen LogP contribution >= 0.6 is 23.2 Å². The summed E-state index contributed by atoms with van der Waals surface area (Å²) in [5.41, 5.74) is 0.870. The second kappa shape index (κ2) is 7.98. The van der Waals surface area contributed by atoms with Crippen molar-refractivity contribution in [3.8, 4) is 0 Å². The van der Waals surface area contributed by atoms with E-state index in [0.717, 1.165) is 18.8 Å². The minimum atomic E-state index is 0.485. The zero-order valence-electron chi connectivity index (χ0n) is 11.4. The highest BCUT2D eigenvalue weighted by molar-refractivity contribution is 6.32. The van der Waals surface area contributed by atoms with Crippen LogP contribution in [0.3, 0.4) is 0 Å². The van der Waals surface area contributed by atoms with Crippen LogP contribution in [0.2, 0.25) is 10.2 Å². The molecule has 0 aliphatic carbocycles. The van der Waals surface area contributed by atoms with E-state index in [4.69, 9.17) is 23.2 Å². The molecule has 102 valence electrons. The fraction of sp³-hybridized carbons (Fsp3) is 0.643. The van der Waals surface area contributed by atoms with Crippen LogP contribution in [0.4, 0.5) is 0 Å². The van der Waals surface area contributed by atoms with Crippen molar-refractivity contribution in [1.82, 2.24) is 9.88 Å². The Bertz CT molecular complexity index is 367. The maximum atomic E-state index is 6.16. The molecule has 0 saturated heterocycles. The van der Waals surface area contributed by atoms with Crippen molar-refractivity contribution in [3.63, 3.8) is 0 Å². The molecule has 0 fully saturated rings. The summed E-state index contributed by atoms with van der Waals surface area (Å²) < 4.78 is 0. The smallest absolute Gasteiger partial charge is 0.129 e. The van der Waals surface area contributed by atoms with Gasteiger partial charge in [-0.15, -0.1) is 0 Å². The molecular formula is C14H22Cl2N2. The average Bonchev–Trinajstić information content (AvgIpc) is 2.32. The Hall–Kier alpha value is -0.310. The summed E-state index contributed by atoms with van der Waals surface area (Å²) in [7, 11) is 0. The first-order chi connectivity index (χ1) is 8.54. The molecule has 0 saturated carbocycles. The summed E-state index contributed by atoms with van der Waals surface area (Å²) in [5.74, 6) is 0. The molecule has 1 aromatic heterocycles. The zero-order valence-corrected chi connectivity index (χ0v) is 12.9. The number of hydrogen-bond acceptors (Lipinski definition) is 2. The zero-order chi connectivity index (χ0) is 13.5. The van der Waals surface area contributed by atoms with Gasteiger partial charge < -0.3 is 0 Å². The van der Waals surface area contributed by atoms with Gasteiger partial charge in [0.1, 0.15) is 5.15 Å². The van der Waals surface area contributed by atoms with Gasteiger partial charge >= 0.3 is 0 Å². The van der Waals surface area contributed by atoms with Crippen molar-refractivity contribution < 1.29 is 0 Å². The molecule has 0 unspecified atom stereocenters. The Kier molecular flexibility index (Phi) is 6.98. The van der Waals surface area contributed by atoms with E-state index in [1.54, 1.807) is 6.07 Å². The normalized spacial score (nSPS) is 11.5. The van der Waals surface area contributed by atoms with Gasteiger partial charge in [-0.3, -0.25) is 4.90 Å². The van der Waals surface area contributed by atoms with E-state index in [1.165, 1.54) is 19.3 Å². The van der Waals surface area contributed by atoms with E-state index < -0.39 is 0 Å². The summed E-state index contributed by atoms with van der Waals surface area (Å²) in [6.45, 7) is 8.46. The number of rotatable bonds is 7. The van der Waals surface area contributed by atoms with Crippen molar-refractivity contribution in [2.75, 3.05) is 6.54 Å². The van der Waals surface area contributed by atoms with Gasteiger partial charge in [0.05, 0.1) is 10.7 Å². The molecule has 0 spiro atoms. The molecule has 0 bridgehead atoms. The standard InChI is InChI=1S/C14H22Cl2N2/c1-4-5-6-9-18(11(2)3)10-13-12(15)7-8-14(16)17-13/h7-8,11H,4-6,9-10H2,1-3H3. The van der Waals surface area contributed by atoms with Gasteiger partial charge in [-0.2, -0.15) is 0 Å². The van der Waals surface area contributed by atoms with Gasteiger partial charge in [-0.05, 0) is 38.9 Å². The highest BCUT2D eigenvalue weighted by atomic mass is 35.5. The Morgan fingerprint density at radius 1 is 1.22 bits per heavy atom. The van der Waals surface area contributed by atoms with E-state index in [0.29, 0.717) is 16.2 Å². The second-order valence-corrected chi connectivity index (χ2v) is 5.63. The molecule has 1 aromatic rings. The number of halogens is 2. The lowest BCUT2D eigenvalue weighted by atomic mass is 10.2. The van der Waals surface area contributed by atoms with Crippen molar-refractivity contribution >= 4 is 23.2 Å². The van der Waals surface area contributed by atoms with Crippen LogP contribution in [0, 0.1) is 0 Å². The highest BCUT2D eigenvalue weighted by Crippen LogP contribution is 2.19. The number of hydrogen-bond donors (Lipinski definition) is 0. The maximum Gasteiger partial charge on any atom is 0.129 e. The quantitative estimate of drug-likeness (QED) is 0.530. The summed E-state index contributed by atoms with van der Waals surface area (Å²) in [6.07, 6.45) is 3.72. The molecular weight excluding hydrogens is 267 g/mol. The second-order valence-electron chi connectivity index (χ2n) is 4.83. The van der Waals surface area contributed by atoms with E-state index >= 15 is 0 Å². The fourth-order valence-corrected chi connectivity index (χ4v) is 2.18. The van der Waals surface area contributed by atoms with E-state index in [1.807, 2.05) is 6.07 Å². The first-order valence-electron chi connectivity index (χ1n) is 6.59. The van der Waals surface area contributed by atoms with Crippen molar-refractivity contribution in [2.45, 2.75) is 52.6 Å². The van der Waals surface area contributed by atoms with Crippen LogP contribution in [0.25, 0.3) is 0 Å². The Labute approximate surface area is 120 Å². The average molecular weight is 289 g/mol. The van der Waals surface area contributed by atoms with Crippen LogP contribution in [-0.2, 0) is 6.54 Å². The third-order valence-corrected chi connectivity index (χ3v) is 3.57. The number of pyridine rings is 1. The van der Waals surface area contributed by atoms with Gasteiger partial charge in [-0.25, -0.2) is 4.98 Å². The minimum Gasteiger partial charge on any atom is -0.295 e. The molecule has 1 heterocycles. The lowest BCUT2D eigenvalue weighted by molar-refractivity contribution is 0.206. The Morgan fingerprint density at radius 3 is 2.56 bits per heavy atom. The topological polar surface area (TPSA) is 16.1 Å². The molecule has 4 heteroatoms. The largest absolute Gasteiger partial charge is 0.295 e. The molecule has 2 nitrogen and oxygen atoms in total.